The van der Waals surface area contributed by atoms with Gasteiger partial charge in [0, 0.05) is 17.4 Å². The summed E-state index contributed by atoms with van der Waals surface area (Å²) in [5.74, 6) is 0.958. The Bertz CT molecular complexity index is 428. The smallest absolute Gasteiger partial charge is 0.101 e. The summed E-state index contributed by atoms with van der Waals surface area (Å²) >= 11 is 0. The molecule has 0 aromatic heterocycles. The lowest BCUT2D eigenvalue weighted by molar-refractivity contribution is -0.717. The van der Waals surface area contributed by atoms with Gasteiger partial charge in [-0.25, -0.2) is 0 Å². The average molecular weight is 280 g/mol. The summed E-state index contributed by atoms with van der Waals surface area (Å²) in [6.07, 6.45) is 4.32. The molecule has 0 aliphatic heterocycles. The van der Waals surface area contributed by atoms with Crippen molar-refractivity contribution < 1.29 is 17.7 Å². The van der Waals surface area contributed by atoms with Crippen molar-refractivity contribution in [1.82, 2.24) is 0 Å². The second kappa shape index (κ2) is 5.10. The van der Waals surface area contributed by atoms with Gasteiger partial charge in [-0.1, -0.05) is 51.1 Å². The van der Waals surface area contributed by atoms with Crippen LogP contribution in [0.4, 0.5) is 0 Å². The number of hydrogen-bond acceptors (Lipinski definition) is 0. The highest BCUT2D eigenvalue weighted by Crippen LogP contribution is 2.64. The number of hydrogen-bond donors (Lipinski definition) is 1. The number of benzene rings is 1. The molecule has 0 heterocycles. The summed E-state index contributed by atoms with van der Waals surface area (Å²) in [7, 11) is 0. The first-order valence-corrected chi connectivity index (χ1v) is 7.41. The number of rotatable bonds is 3. The zero-order valence-electron chi connectivity index (χ0n) is 12.3. The summed E-state index contributed by atoms with van der Waals surface area (Å²) in [4.78, 5) is 0. The molecule has 2 heteroatoms. The highest BCUT2D eigenvalue weighted by molar-refractivity contribution is 5.14. The van der Waals surface area contributed by atoms with E-state index in [0.29, 0.717) is 10.8 Å². The molecule has 2 aliphatic carbocycles. The molecule has 1 aromatic rings. The molecule has 1 aromatic carbocycles. The van der Waals surface area contributed by atoms with Crippen LogP contribution < -0.4 is 17.7 Å². The van der Waals surface area contributed by atoms with Gasteiger partial charge in [-0.15, -0.1) is 0 Å². The number of nitrogens with two attached hydrogens (primary N) is 1. The second-order valence-corrected chi connectivity index (χ2v) is 7.14. The van der Waals surface area contributed by atoms with E-state index in [-0.39, 0.29) is 12.4 Å². The van der Waals surface area contributed by atoms with E-state index >= 15 is 0 Å². The number of fused-ring (bicyclic) bond motifs is 2. The molecule has 0 amide bonds. The van der Waals surface area contributed by atoms with Crippen LogP contribution in [-0.2, 0) is 6.54 Å². The van der Waals surface area contributed by atoms with Crippen LogP contribution in [0.2, 0.25) is 0 Å². The minimum absolute atomic E-state index is 0. The van der Waals surface area contributed by atoms with Gasteiger partial charge >= 0.3 is 0 Å². The molecule has 1 nitrogen and oxygen atoms in total. The second-order valence-electron chi connectivity index (χ2n) is 7.14. The van der Waals surface area contributed by atoms with Gasteiger partial charge in [0.25, 0.3) is 0 Å². The maximum Gasteiger partial charge on any atom is 0.101 e. The van der Waals surface area contributed by atoms with E-state index in [0.717, 1.165) is 18.5 Å². The Morgan fingerprint density at radius 2 is 1.84 bits per heavy atom. The molecule has 2 fully saturated rings. The zero-order chi connectivity index (χ0) is 12.8. The Labute approximate surface area is 123 Å². The fourth-order valence-electron chi connectivity index (χ4n) is 4.51. The summed E-state index contributed by atoms with van der Waals surface area (Å²) in [5, 5.41) is 2.61. The lowest BCUT2D eigenvalue weighted by Gasteiger charge is -2.37. The summed E-state index contributed by atoms with van der Waals surface area (Å²) in [6.45, 7) is 8.68. The van der Waals surface area contributed by atoms with E-state index in [1.54, 1.807) is 0 Å². The van der Waals surface area contributed by atoms with E-state index in [4.69, 9.17) is 0 Å². The Kier molecular flexibility index (Phi) is 3.99. The van der Waals surface area contributed by atoms with Crippen LogP contribution in [0, 0.1) is 16.7 Å². The third-order valence-corrected chi connectivity index (χ3v) is 6.34. The first kappa shape index (κ1) is 14.9. The van der Waals surface area contributed by atoms with Gasteiger partial charge in [0.1, 0.15) is 6.54 Å². The molecular formula is C17H26ClN. The van der Waals surface area contributed by atoms with E-state index in [2.05, 4.69) is 56.4 Å². The van der Waals surface area contributed by atoms with Gasteiger partial charge in [-0.05, 0) is 24.2 Å². The predicted octanol–water partition coefficient (Wildman–Crippen LogP) is -0.0312. The monoisotopic (exact) mass is 279 g/mol. The Balaban J connectivity index is 0.00000133. The topological polar surface area (TPSA) is 16.6 Å². The zero-order valence-corrected chi connectivity index (χ0v) is 13.1. The van der Waals surface area contributed by atoms with E-state index < -0.39 is 0 Å². The molecule has 2 saturated carbocycles. The minimum atomic E-state index is 0. The molecule has 3 atom stereocenters. The van der Waals surface area contributed by atoms with Crippen LogP contribution in [0.1, 0.15) is 45.6 Å². The van der Waals surface area contributed by atoms with Gasteiger partial charge in [-0.2, -0.15) is 0 Å². The average Bonchev–Trinajstić information content (AvgIpc) is 2.70. The van der Waals surface area contributed by atoms with Crippen molar-refractivity contribution in [2.75, 3.05) is 0 Å². The lowest BCUT2D eigenvalue weighted by atomic mass is 9.69. The van der Waals surface area contributed by atoms with Crippen LogP contribution >= 0.6 is 0 Å². The Hall–Kier alpha value is -0.530. The molecule has 0 saturated heterocycles. The number of quaternary nitrogens is 1. The maximum absolute atomic E-state index is 2.61. The Morgan fingerprint density at radius 1 is 1.16 bits per heavy atom. The molecule has 3 unspecified atom stereocenters. The summed E-state index contributed by atoms with van der Waals surface area (Å²) in [5.41, 5.74) is 2.55. The Morgan fingerprint density at radius 3 is 2.37 bits per heavy atom. The summed E-state index contributed by atoms with van der Waals surface area (Å²) < 4.78 is 0. The minimum Gasteiger partial charge on any atom is -1.00 e. The van der Waals surface area contributed by atoms with Crippen molar-refractivity contribution in [1.29, 1.82) is 0 Å². The lowest BCUT2D eigenvalue weighted by Crippen LogP contribution is -3.00. The van der Waals surface area contributed by atoms with Crippen molar-refractivity contribution in [3.05, 3.63) is 35.9 Å². The molecular weight excluding hydrogens is 254 g/mol. The molecule has 19 heavy (non-hydrogen) atoms. The third-order valence-electron chi connectivity index (χ3n) is 6.34. The number of halogens is 1. The van der Waals surface area contributed by atoms with Crippen molar-refractivity contribution in [3.8, 4) is 0 Å². The van der Waals surface area contributed by atoms with Crippen LogP contribution in [0.15, 0.2) is 30.3 Å². The molecule has 2 aliphatic rings. The normalized spacial score (nSPS) is 35.1. The van der Waals surface area contributed by atoms with Gasteiger partial charge in [0.15, 0.2) is 0 Å². The van der Waals surface area contributed by atoms with Gasteiger partial charge in [-0.3, -0.25) is 0 Å². The molecule has 2 N–H and O–H groups in total. The summed E-state index contributed by atoms with van der Waals surface area (Å²) in [6, 6.07) is 11.7. The molecule has 0 spiro atoms. The van der Waals surface area contributed by atoms with Gasteiger partial charge in [0.2, 0.25) is 0 Å². The molecule has 2 bridgehead atoms. The van der Waals surface area contributed by atoms with Crippen LogP contribution in [0.5, 0.6) is 0 Å². The van der Waals surface area contributed by atoms with Crippen LogP contribution in [-0.4, -0.2) is 6.04 Å². The quantitative estimate of drug-likeness (QED) is 0.800. The molecule has 3 rings (SSSR count). The largest absolute Gasteiger partial charge is 1.00 e. The highest BCUT2D eigenvalue weighted by atomic mass is 35.5. The van der Waals surface area contributed by atoms with Crippen molar-refractivity contribution in [2.24, 2.45) is 16.7 Å². The standard InChI is InChI=1S/C17H25N.ClH/c1-16(2)14-9-10-17(16,3)15(11-14)18-12-13-7-5-4-6-8-13;/h4-8,14-15,18H,9-12H2,1-3H3;1H. The van der Waals surface area contributed by atoms with Crippen molar-refractivity contribution >= 4 is 0 Å². The highest BCUT2D eigenvalue weighted by Gasteiger charge is 2.63. The van der Waals surface area contributed by atoms with Crippen molar-refractivity contribution in [2.45, 2.75) is 52.6 Å². The van der Waals surface area contributed by atoms with Crippen LogP contribution in [0.3, 0.4) is 0 Å². The fraction of sp³-hybridized carbons (Fsp3) is 0.647. The third kappa shape index (κ3) is 2.21. The van der Waals surface area contributed by atoms with Gasteiger partial charge in [0.05, 0.1) is 6.04 Å². The van der Waals surface area contributed by atoms with E-state index in [1.165, 1.54) is 24.8 Å². The maximum atomic E-state index is 2.61. The van der Waals surface area contributed by atoms with Crippen molar-refractivity contribution in [3.63, 3.8) is 0 Å². The SMILES string of the molecule is CC1(C)C2CCC1(C)C([NH2+]Cc1ccccc1)C2.[Cl-]. The predicted molar refractivity (Wildman–Crippen MR) is 75.1 cm³/mol. The fourth-order valence-corrected chi connectivity index (χ4v) is 4.51. The van der Waals surface area contributed by atoms with E-state index in [1.807, 2.05) is 0 Å². The van der Waals surface area contributed by atoms with E-state index in [9.17, 15) is 0 Å². The first-order valence-electron chi connectivity index (χ1n) is 7.41. The molecule has 106 valence electrons. The first-order chi connectivity index (χ1) is 8.54. The molecule has 0 radical (unpaired) electrons. The van der Waals surface area contributed by atoms with Gasteiger partial charge < -0.3 is 17.7 Å². The van der Waals surface area contributed by atoms with Crippen LogP contribution in [0.25, 0.3) is 0 Å².